The topological polar surface area (TPSA) is 98.5 Å². The molecule has 8 heteroatoms. The van der Waals surface area contributed by atoms with Gasteiger partial charge in [0.2, 0.25) is 0 Å². The molecule has 0 aliphatic rings. The van der Waals surface area contributed by atoms with Gasteiger partial charge in [-0.1, -0.05) is 0 Å². The molecule has 1 aromatic rings. The van der Waals surface area contributed by atoms with E-state index in [0.29, 0.717) is 5.69 Å². The van der Waals surface area contributed by atoms with Crippen LogP contribution in [-0.4, -0.2) is 39.0 Å². The van der Waals surface area contributed by atoms with E-state index in [-0.39, 0.29) is 23.7 Å². The number of nitro benzene ring substituents is 1. The molecule has 7 nitrogen and oxygen atoms in total. The van der Waals surface area contributed by atoms with Crippen LogP contribution in [0.25, 0.3) is 0 Å². The molecule has 1 N–H and O–H groups in total. The lowest BCUT2D eigenvalue weighted by Gasteiger charge is -2.07. The largest absolute Gasteiger partial charge is 0.490 e. The lowest BCUT2D eigenvalue weighted by atomic mass is 10.2. The second-order valence-corrected chi connectivity index (χ2v) is 5.96. The van der Waals surface area contributed by atoms with Crippen molar-refractivity contribution in [3.63, 3.8) is 0 Å². The van der Waals surface area contributed by atoms with Crippen molar-refractivity contribution < 1.29 is 18.1 Å². The molecular formula is C10H14N2O5S. The van der Waals surface area contributed by atoms with Crippen LogP contribution < -0.4 is 10.1 Å². The molecule has 0 spiro atoms. The first kappa shape index (κ1) is 14.2. The Hall–Kier alpha value is -1.83. The number of benzene rings is 1. The average molecular weight is 274 g/mol. The molecule has 0 saturated heterocycles. The average Bonchev–Trinajstić information content (AvgIpc) is 2.26. The van der Waals surface area contributed by atoms with Gasteiger partial charge in [0.25, 0.3) is 0 Å². The highest BCUT2D eigenvalue weighted by Gasteiger charge is 2.14. The van der Waals surface area contributed by atoms with E-state index in [1.54, 1.807) is 0 Å². The van der Waals surface area contributed by atoms with Crippen LogP contribution in [-0.2, 0) is 9.84 Å². The van der Waals surface area contributed by atoms with E-state index >= 15 is 0 Å². The Kier molecular flexibility index (Phi) is 4.49. The van der Waals surface area contributed by atoms with Crippen molar-refractivity contribution >= 4 is 21.2 Å². The van der Waals surface area contributed by atoms with E-state index in [9.17, 15) is 18.5 Å². The highest BCUT2D eigenvalue weighted by Crippen LogP contribution is 2.29. The number of ether oxygens (including phenoxy) is 1. The summed E-state index contributed by atoms with van der Waals surface area (Å²) in [6.45, 7) is 0.236. The third kappa shape index (κ3) is 4.21. The molecule has 0 aromatic heterocycles. The van der Waals surface area contributed by atoms with Crippen LogP contribution in [0.3, 0.4) is 0 Å². The van der Waals surface area contributed by atoms with Gasteiger partial charge in [-0.2, -0.15) is 0 Å². The molecule has 0 saturated carbocycles. The first-order valence-corrected chi connectivity index (χ1v) is 7.13. The van der Waals surface area contributed by atoms with E-state index < -0.39 is 14.8 Å². The predicted octanol–water partition coefficient (Wildman–Crippen LogP) is 1.06. The predicted molar refractivity (Wildman–Crippen MR) is 67.8 cm³/mol. The second kappa shape index (κ2) is 5.67. The van der Waals surface area contributed by atoms with Crippen molar-refractivity contribution in [2.75, 3.05) is 31.0 Å². The van der Waals surface area contributed by atoms with Crippen LogP contribution in [0.1, 0.15) is 0 Å². The first-order valence-electron chi connectivity index (χ1n) is 5.07. The Morgan fingerprint density at radius 3 is 2.61 bits per heavy atom. The van der Waals surface area contributed by atoms with Crippen LogP contribution in [0, 0.1) is 10.1 Å². The lowest BCUT2D eigenvalue weighted by molar-refractivity contribution is -0.385. The molecule has 18 heavy (non-hydrogen) atoms. The van der Waals surface area contributed by atoms with Crippen molar-refractivity contribution in [3.05, 3.63) is 28.3 Å². The molecule has 0 unspecified atom stereocenters. The summed E-state index contributed by atoms with van der Waals surface area (Å²) in [5.41, 5.74) is 0.437. The molecule has 0 fully saturated rings. The number of nitrogens with zero attached hydrogens (tertiary/aromatic N) is 1. The molecule has 0 amide bonds. The summed E-state index contributed by atoms with van der Waals surface area (Å²) in [6, 6.07) is 4.27. The zero-order valence-corrected chi connectivity index (χ0v) is 10.9. The highest BCUT2D eigenvalue weighted by atomic mass is 32.2. The number of nitro groups is 1. The molecule has 0 aliphatic heterocycles. The maximum atomic E-state index is 10.9. The number of hydrogen-bond acceptors (Lipinski definition) is 6. The zero-order valence-electron chi connectivity index (χ0n) is 10.0. The smallest absolute Gasteiger partial charge is 0.311 e. The van der Waals surface area contributed by atoms with Crippen LogP contribution >= 0.6 is 0 Å². The summed E-state index contributed by atoms with van der Waals surface area (Å²) in [4.78, 5) is 10.1. The number of methoxy groups -OCH3 is 1. The number of nitrogens with one attached hydrogen (secondary N) is 1. The standard InChI is InChI=1S/C10H14N2O5S/c1-17-10-7-8(3-4-9(10)12(13)14)11-5-6-18(2,15)16/h3-4,7,11H,5-6H2,1-2H3. The van der Waals surface area contributed by atoms with Gasteiger partial charge >= 0.3 is 5.69 Å². The number of rotatable bonds is 6. The highest BCUT2D eigenvalue weighted by molar-refractivity contribution is 7.90. The van der Waals surface area contributed by atoms with E-state index in [2.05, 4.69) is 5.32 Å². The van der Waals surface area contributed by atoms with Gasteiger partial charge in [0.1, 0.15) is 9.84 Å². The Balaban J connectivity index is 2.77. The van der Waals surface area contributed by atoms with Gasteiger partial charge in [-0.05, 0) is 6.07 Å². The molecule has 100 valence electrons. The molecule has 0 radical (unpaired) electrons. The molecule has 1 aromatic carbocycles. The van der Waals surface area contributed by atoms with Gasteiger partial charge in [0, 0.05) is 30.6 Å². The summed E-state index contributed by atoms with van der Waals surface area (Å²) >= 11 is 0. The van der Waals surface area contributed by atoms with Crippen LogP contribution in [0.4, 0.5) is 11.4 Å². The number of anilines is 1. The van der Waals surface area contributed by atoms with E-state index in [4.69, 9.17) is 4.74 Å². The minimum Gasteiger partial charge on any atom is -0.490 e. The first-order chi connectivity index (χ1) is 8.33. The minimum atomic E-state index is -3.03. The third-order valence-corrected chi connectivity index (χ3v) is 3.12. The van der Waals surface area contributed by atoms with E-state index in [1.165, 1.54) is 25.3 Å². The van der Waals surface area contributed by atoms with Gasteiger partial charge in [0.05, 0.1) is 17.8 Å². The molecule has 0 atom stereocenters. The van der Waals surface area contributed by atoms with Crippen molar-refractivity contribution in [1.82, 2.24) is 0 Å². The minimum absolute atomic E-state index is 0.00764. The lowest BCUT2D eigenvalue weighted by Crippen LogP contribution is -2.14. The van der Waals surface area contributed by atoms with Crippen LogP contribution in [0.2, 0.25) is 0 Å². The Labute approximate surface area is 105 Å². The van der Waals surface area contributed by atoms with Gasteiger partial charge in [-0.3, -0.25) is 10.1 Å². The fourth-order valence-corrected chi connectivity index (χ4v) is 1.79. The molecule has 0 aliphatic carbocycles. The molecular weight excluding hydrogens is 260 g/mol. The molecule has 0 bridgehead atoms. The summed E-state index contributed by atoms with van der Waals surface area (Å²) in [5.74, 6) is 0.121. The van der Waals surface area contributed by atoms with Crippen molar-refractivity contribution in [3.8, 4) is 5.75 Å². The Bertz CT molecular complexity index is 541. The maximum Gasteiger partial charge on any atom is 0.311 e. The van der Waals surface area contributed by atoms with E-state index in [1.807, 2.05) is 0 Å². The maximum absolute atomic E-state index is 10.9. The van der Waals surface area contributed by atoms with Gasteiger partial charge in [-0.15, -0.1) is 0 Å². The van der Waals surface area contributed by atoms with E-state index in [0.717, 1.165) is 6.26 Å². The monoisotopic (exact) mass is 274 g/mol. The van der Waals surface area contributed by atoms with Crippen LogP contribution in [0.15, 0.2) is 18.2 Å². The molecule has 1 rings (SSSR count). The fourth-order valence-electron chi connectivity index (χ4n) is 1.32. The number of hydrogen-bond donors (Lipinski definition) is 1. The van der Waals surface area contributed by atoms with Crippen LogP contribution in [0.5, 0.6) is 5.75 Å². The van der Waals surface area contributed by atoms with Gasteiger partial charge in [-0.25, -0.2) is 8.42 Å². The SMILES string of the molecule is COc1cc(NCCS(C)(=O)=O)ccc1[N+](=O)[O-]. The third-order valence-electron chi connectivity index (χ3n) is 2.18. The fraction of sp³-hybridized carbons (Fsp3) is 0.400. The summed E-state index contributed by atoms with van der Waals surface area (Å²) in [6.07, 6.45) is 1.14. The quantitative estimate of drug-likeness (QED) is 0.615. The van der Waals surface area contributed by atoms with Gasteiger partial charge < -0.3 is 10.1 Å². The van der Waals surface area contributed by atoms with Crippen molar-refractivity contribution in [2.45, 2.75) is 0 Å². The number of sulfone groups is 1. The van der Waals surface area contributed by atoms with Crippen molar-refractivity contribution in [1.29, 1.82) is 0 Å². The van der Waals surface area contributed by atoms with Gasteiger partial charge in [0.15, 0.2) is 5.75 Å². The summed E-state index contributed by atoms with van der Waals surface area (Å²) < 4.78 is 26.8. The van der Waals surface area contributed by atoms with Crippen molar-refractivity contribution in [2.24, 2.45) is 0 Å². The normalized spacial score (nSPS) is 11.0. The summed E-state index contributed by atoms with van der Waals surface area (Å²) in [5, 5.41) is 13.5. The Morgan fingerprint density at radius 2 is 2.11 bits per heavy atom. The molecule has 0 heterocycles. The summed E-state index contributed by atoms with van der Waals surface area (Å²) in [7, 11) is -1.70. The zero-order chi connectivity index (χ0) is 13.8. The second-order valence-electron chi connectivity index (χ2n) is 3.70. The Morgan fingerprint density at radius 1 is 1.44 bits per heavy atom.